The van der Waals surface area contributed by atoms with Gasteiger partial charge in [0, 0.05) is 19.2 Å². The zero-order valence-electron chi connectivity index (χ0n) is 6.90. The van der Waals surface area contributed by atoms with Crippen LogP contribution in [0, 0.1) is 0 Å². The molecule has 0 heterocycles. The second kappa shape index (κ2) is 3.22. The van der Waals surface area contributed by atoms with Crippen molar-refractivity contribution in [1.29, 1.82) is 0 Å². The number of rotatable bonds is 1. The van der Waals surface area contributed by atoms with Gasteiger partial charge in [-0.25, -0.2) is 0 Å². The molecule has 0 radical (unpaired) electrons. The van der Waals surface area contributed by atoms with Crippen LogP contribution in [0.1, 0.15) is 10.4 Å². The van der Waals surface area contributed by atoms with Crippen molar-refractivity contribution in [3.63, 3.8) is 0 Å². The number of phenols is 3. The molecular formula is C8H9NO4. The van der Waals surface area contributed by atoms with E-state index in [-0.39, 0.29) is 11.3 Å². The van der Waals surface area contributed by atoms with E-state index in [1.807, 2.05) is 0 Å². The van der Waals surface area contributed by atoms with Crippen molar-refractivity contribution in [2.24, 2.45) is 0 Å². The largest absolute Gasteiger partial charge is 0.508 e. The van der Waals surface area contributed by atoms with Gasteiger partial charge in [-0.05, 0) is 0 Å². The van der Waals surface area contributed by atoms with E-state index in [4.69, 9.17) is 5.11 Å². The van der Waals surface area contributed by atoms with Gasteiger partial charge in [-0.15, -0.1) is 0 Å². The highest BCUT2D eigenvalue weighted by Gasteiger charge is 2.15. The molecule has 70 valence electrons. The Bertz CT molecular complexity index is 325. The Hall–Kier alpha value is -1.91. The van der Waals surface area contributed by atoms with Gasteiger partial charge in [0.05, 0.1) is 0 Å². The van der Waals surface area contributed by atoms with Crippen LogP contribution in [0.4, 0.5) is 0 Å². The van der Waals surface area contributed by atoms with Gasteiger partial charge in [-0.1, -0.05) is 0 Å². The smallest absolute Gasteiger partial charge is 0.258 e. The Morgan fingerprint density at radius 1 is 1.23 bits per heavy atom. The number of aromatic hydroxyl groups is 3. The first-order valence-electron chi connectivity index (χ1n) is 3.53. The molecule has 1 aromatic rings. The third-order valence-corrected chi connectivity index (χ3v) is 1.54. The monoisotopic (exact) mass is 183 g/mol. The molecule has 5 heteroatoms. The molecule has 5 nitrogen and oxygen atoms in total. The number of carbonyl (C=O) groups is 1. The minimum atomic E-state index is -0.616. The molecule has 0 atom stereocenters. The van der Waals surface area contributed by atoms with Gasteiger partial charge in [-0.2, -0.15) is 0 Å². The highest BCUT2D eigenvalue weighted by molar-refractivity contribution is 5.99. The fourth-order valence-corrected chi connectivity index (χ4v) is 0.955. The molecule has 0 bridgehead atoms. The molecule has 0 saturated heterocycles. The Morgan fingerprint density at radius 2 is 1.69 bits per heavy atom. The molecule has 0 aliphatic carbocycles. The van der Waals surface area contributed by atoms with Gasteiger partial charge < -0.3 is 20.6 Å². The van der Waals surface area contributed by atoms with Gasteiger partial charge in [0.2, 0.25) is 0 Å². The summed E-state index contributed by atoms with van der Waals surface area (Å²) in [6.45, 7) is 0. The molecule has 0 saturated carbocycles. The SMILES string of the molecule is CNC(=O)c1c(O)cc(O)cc1O. The van der Waals surface area contributed by atoms with Gasteiger partial charge in [-0.3, -0.25) is 4.79 Å². The summed E-state index contributed by atoms with van der Waals surface area (Å²) in [5, 5.41) is 29.5. The summed E-state index contributed by atoms with van der Waals surface area (Å²) in [4.78, 5) is 11.1. The van der Waals surface area contributed by atoms with E-state index >= 15 is 0 Å². The summed E-state index contributed by atoms with van der Waals surface area (Å²) in [5.74, 6) is -1.84. The highest BCUT2D eigenvalue weighted by Crippen LogP contribution is 2.31. The van der Waals surface area contributed by atoms with Crippen molar-refractivity contribution in [2.75, 3.05) is 7.05 Å². The van der Waals surface area contributed by atoms with Crippen LogP contribution >= 0.6 is 0 Å². The van der Waals surface area contributed by atoms with Crippen molar-refractivity contribution in [3.8, 4) is 17.2 Å². The lowest BCUT2D eigenvalue weighted by Gasteiger charge is -2.05. The summed E-state index contributed by atoms with van der Waals surface area (Å²) < 4.78 is 0. The van der Waals surface area contributed by atoms with E-state index in [2.05, 4.69) is 5.32 Å². The quantitative estimate of drug-likeness (QED) is 0.499. The second-order valence-electron chi connectivity index (χ2n) is 2.44. The van der Waals surface area contributed by atoms with Crippen LogP contribution < -0.4 is 5.32 Å². The third kappa shape index (κ3) is 1.64. The first-order valence-corrected chi connectivity index (χ1v) is 3.53. The molecule has 0 aliphatic rings. The topological polar surface area (TPSA) is 89.8 Å². The highest BCUT2D eigenvalue weighted by atomic mass is 16.3. The average molecular weight is 183 g/mol. The van der Waals surface area contributed by atoms with Crippen molar-refractivity contribution < 1.29 is 20.1 Å². The van der Waals surface area contributed by atoms with E-state index < -0.39 is 17.4 Å². The number of carbonyl (C=O) groups excluding carboxylic acids is 1. The van der Waals surface area contributed by atoms with Crippen LogP contribution in [0.15, 0.2) is 12.1 Å². The van der Waals surface area contributed by atoms with Crippen LogP contribution in [0.3, 0.4) is 0 Å². The Morgan fingerprint density at radius 3 is 2.08 bits per heavy atom. The molecule has 0 fully saturated rings. The standard InChI is InChI=1S/C8H9NO4/c1-9-8(13)7-5(11)2-4(10)3-6(7)12/h2-3,10-12H,1H3,(H,9,13). The molecule has 1 amide bonds. The van der Waals surface area contributed by atoms with E-state index in [9.17, 15) is 15.0 Å². The Labute approximate surface area is 74.3 Å². The van der Waals surface area contributed by atoms with Crippen LogP contribution in [-0.2, 0) is 0 Å². The van der Waals surface area contributed by atoms with E-state index in [1.165, 1.54) is 7.05 Å². The zero-order chi connectivity index (χ0) is 10.0. The fraction of sp³-hybridized carbons (Fsp3) is 0.125. The lowest BCUT2D eigenvalue weighted by molar-refractivity contribution is 0.0957. The minimum Gasteiger partial charge on any atom is -0.508 e. The first kappa shape index (κ1) is 9.18. The normalized spacial score (nSPS) is 9.62. The molecule has 0 spiro atoms. The molecule has 1 aromatic carbocycles. The predicted octanol–water partition coefficient (Wildman–Crippen LogP) is 0.163. The molecule has 0 aliphatic heterocycles. The second-order valence-corrected chi connectivity index (χ2v) is 2.44. The van der Waals surface area contributed by atoms with Crippen LogP contribution in [0.25, 0.3) is 0 Å². The van der Waals surface area contributed by atoms with E-state index in [1.54, 1.807) is 0 Å². The number of hydrogen-bond donors (Lipinski definition) is 4. The first-order chi connectivity index (χ1) is 6.06. The maximum Gasteiger partial charge on any atom is 0.258 e. The predicted molar refractivity (Wildman–Crippen MR) is 44.8 cm³/mol. The zero-order valence-corrected chi connectivity index (χ0v) is 6.90. The van der Waals surface area contributed by atoms with Crippen molar-refractivity contribution in [3.05, 3.63) is 17.7 Å². The molecule has 0 unspecified atom stereocenters. The maximum absolute atomic E-state index is 11.1. The number of hydrogen-bond acceptors (Lipinski definition) is 4. The number of phenolic OH excluding ortho intramolecular Hbond substituents is 3. The molecule has 1 rings (SSSR count). The molecule has 4 N–H and O–H groups in total. The summed E-state index contributed by atoms with van der Waals surface area (Å²) in [7, 11) is 1.37. The summed E-state index contributed by atoms with van der Waals surface area (Å²) in [6.07, 6.45) is 0. The average Bonchev–Trinajstić information content (AvgIpc) is 2.02. The summed E-state index contributed by atoms with van der Waals surface area (Å²) >= 11 is 0. The number of nitrogens with one attached hydrogen (secondary N) is 1. The fourth-order valence-electron chi connectivity index (χ4n) is 0.955. The lowest BCUT2D eigenvalue weighted by Crippen LogP contribution is -2.17. The summed E-state index contributed by atoms with van der Waals surface area (Å²) in [6, 6.07) is 1.95. The Kier molecular flexibility index (Phi) is 2.27. The van der Waals surface area contributed by atoms with Crippen LogP contribution in [0.5, 0.6) is 17.2 Å². The minimum absolute atomic E-state index is 0.250. The Balaban J connectivity index is 3.28. The van der Waals surface area contributed by atoms with Crippen molar-refractivity contribution in [1.82, 2.24) is 5.32 Å². The van der Waals surface area contributed by atoms with Crippen LogP contribution in [-0.4, -0.2) is 28.3 Å². The lowest BCUT2D eigenvalue weighted by atomic mass is 10.1. The van der Waals surface area contributed by atoms with Crippen LogP contribution in [0.2, 0.25) is 0 Å². The van der Waals surface area contributed by atoms with Gasteiger partial charge in [0.1, 0.15) is 22.8 Å². The number of amides is 1. The third-order valence-electron chi connectivity index (χ3n) is 1.54. The summed E-state index contributed by atoms with van der Waals surface area (Å²) in [5.41, 5.74) is -0.250. The van der Waals surface area contributed by atoms with E-state index in [0.717, 1.165) is 12.1 Å². The number of benzene rings is 1. The van der Waals surface area contributed by atoms with Crippen molar-refractivity contribution in [2.45, 2.75) is 0 Å². The maximum atomic E-state index is 11.1. The van der Waals surface area contributed by atoms with Gasteiger partial charge >= 0.3 is 0 Å². The van der Waals surface area contributed by atoms with E-state index in [0.29, 0.717) is 0 Å². The molecule has 13 heavy (non-hydrogen) atoms. The van der Waals surface area contributed by atoms with Gasteiger partial charge in [0.25, 0.3) is 5.91 Å². The van der Waals surface area contributed by atoms with Gasteiger partial charge in [0.15, 0.2) is 0 Å². The molecular weight excluding hydrogens is 174 g/mol. The molecule has 0 aromatic heterocycles. The van der Waals surface area contributed by atoms with Crippen molar-refractivity contribution >= 4 is 5.91 Å².